The second-order valence-corrected chi connectivity index (χ2v) is 8.52. The van der Waals surface area contributed by atoms with E-state index >= 15 is 0 Å². The number of fused-ring (bicyclic) bond motifs is 2. The molecule has 0 spiro atoms. The van der Waals surface area contributed by atoms with Crippen LogP contribution in [-0.4, -0.2) is 48.8 Å². The number of carbonyl (C=O) groups excluding carboxylic acids is 3. The molecular formula is C24H25N3O7. The first-order chi connectivity index (χ1) is 16.4. The monoisotopic (exact) mass is 467 g/mol. The highest BCUT2D eigenvalue weighted by molar-refractivity contribution is 6.10. The number of amides is 4. The van der Waals surface area contributed by atoms with E-state index in [2.05, 4.69) is 10.6 Å². The summed E-state index contributed by atoms with van der Waals surface area (Å²) in [4.78, 5) is 40.0. The van der Waals surface area contributed by atoms with Crippen LogP contribution in [0.2, 0.25) is 0 Å². The van der Waals surface area contributed by atoms with Crippen LogP contribution in [0.25, 0.3) is 0 Å². The Bertz CT molecular complexity index is 1170. The fraction of sp³-hybridized carbons (Fsp3) is 0.375. The maximum Gasteiger partial charge on any atom is 0.326 e. The Hall–Kier alpha value is -3.95. The summed E-state index contributed by atoms with van der Waals surface area (Å²) in [7, 11) is 0. The van der Waals surface area contributed by atoms with Crippen LogP contribution in [0, 0.1) is 0 Å². The molecule has 0 unspecified atom stereocenters. The van der Waals surface area contributed by atoms with Gasteiger partial charge in [-0.1, -0.05) is 12.1 Å². The molecule has 10 nitrogen and oxygen atoms in total. The summed E-state index contributed by atoms with van der Waals surface area (Å²) in [6.07, 6.45) is 0.754. The van der Waals surface area contributed by atoms with E-state index in [9.17, 15) is 14.4 Å². The van der Waals surface area contributed by atoms with Crippen LogP contribution in [0.4, 0.5) is 4.79 Å². The molecule has 0 aromatic heterocycles. The number of nitrogens with zero attached hydrogens (tertiary/aromatic N) is 1. The van der Waals surface area contributed by atoms with E-state index in [4.69, 9.17) is 18.9 Å². The zero-order chi connectivity index (χ0) is 23.9. The largest absolute Gasteiger partial charge is 0.490 e. The molecule has 4 amide bonds. The summed E-state index contributed by atoms with van der Waals surface area (Å²) in [5.74, 6) is 1.40. The molecule has 2 aromatic carbocycles. The Morgan fingerprint density at radius 2 is 1.71 bits per heavy atom. The lowest BCUT2D eigenvalue weighted by molar-refractivity contribution is -0.137. The molecule has 10 heteroatoms. The number of rotatable bonds is 5. The van der Waals surface area contributed by atoms with E-state index < -0.39 is 29.4 Å². The zero-order valence-electron chi connectivity index (χ0n) is 18.9. The van der Waals surface area contributed by atoms with Crippen LogP contribution in [0.1, 0.15) is 31.4 Å². The van der Waals surface area contributed by atoms with E-state index in [1.165, 1.54) is 6.92 Å². The van der Waals surface area contributed by atoms with Crippen LogP contribution in [-0.2, 0) is 21.7 Å². The van der Waals surface area contributed by atoms with Gasteiger partial charge in [-0.3, -0.25) is 9.59 Å². The predicted molar refractivity (Wildman–Crippen MR) is 119 cm³/mol. The number of urea groups is 1. The lowest BCUT2D eigenvalue weighted by Gasteiger charge is -2.25. The maximum absolute atomic E-state index is 13.4. The van der Waals surface area contributed by atoms with Gasteiger partial charge in [0.05, 0.1) is 13.2 Å². The van der Waals surface area contributed by atoms with Crippen molar-refractivity contribution in [3.05, 3.63) is 47.5 Å². The van der Waals surface area contributed by atoms with Gasteiger partial charge in [-0.25, -0.2) is 9.69 Å². The topological polar surface area (TPSA) is 115 Å². The fourth-order valence-corrected chi connectivity index (χ4v) is 4.19. The average Bonchev–Trinajstić information content (AvgIpc) is 3.29. The average molecular weight is 467 g/mol. The Kier molecular flexibility index (Phi) is 5.43. The summed E-state index contributed by atoms with van der Waals surface area (Å²) < 4.78 is 22.0. The molecular weight excluding hydrogens is 442 g/mol. The van der Waals surface area contributed by atoms with Gasteiger partial charge in [0.25, 0.3) is 5.91 Å². The number of imide groups is 1. The molecule has 3 heterocycles. The van der Waals surface area contributed by atoms with Crippen molar-refractivity contribution in [3.63, 3.8) is 0 Å². The van der Waals surface area contributed by atoms with Gasteiger partial charge in [-0.15, -0.1) is 0 Å². The molecule has 1 fully saturated rings. The highest BCUT2D eigenvalue weighted by Gasteiger charge is 2.52. The van der Waals surface area contributed by atoms with Gasteiger partial charge in [-0.2, -0.15) is 0 Å². The molecule has 0 bridgehead atoms. The van der Waals surface area contributed by atoms with Crippen molar-refractivity contribution in [1.82, 2.24) is 15.5 Å². The number of benzene rings is 2. The SMILES string of the molecule is C[C@@H](C(=O)NCc1ccc2c(c1)OCO2)N1C(=O)N[C@@](C)(c2ccc3c(c2)OCCCO3)C1=O. The second kappa shape index (κ2) is 8.44. The van der Waals surface area contributed by atoms with Crippen LogP contribution in [0.5, 0.6) is 23.0 Å². The predicted octanol–water partition coefficient (Wildman–Crippen LogP) is 2.05. The molecule has 2 aromatic rings. The van der Waals surface area contributed by atoms with Crippen molar-refractivity contribution in [2.45, 2.75) is 38.4 Å². The maximum atomic E-state index is 13.4. The smallest absolute Gasteiger partial charge is 0.326 e. The number of carbonyl (C=O) groups is 3. The summed E-state index contributed by atoms with van der Waals surface area (Å²) in [5, 5.41) is 5.51. The molecule has 3 aliphatic heterocycles. The number of ether oxygens (including phenoxy) is 4. The minimum absolute atomic E-state index is 0.163. The van der Waals surface area contributed by atoms with E-state index in [0.717, 1.165) is 16.9 Å². The highest BCUT2D eigenvalue weighted by atomic mass is 16.7. The van der Waals surface area contributed by atoms with Crippen molar-refractivity contribution in [3.8, 4) is 23.0 Å². The van der Waals surface area contributed by atoms with Gasteiger partial charge in [0, 0.05) is 13.0 Å². The molecule has 178 valence electrons. The first-order valence-corrected chi connectivity index (χ1v) is 11.1. The van der Waals surface area contributed by atoms with E-state index in [-0.39, 0.29) is 13.3 Å². The summed E-state index contributed by atoms with van der Waals surface area (Å²) >= 11 is 0. The standard InChI is InChI=1S/C24H25N3O7/c1-14(21(28)25-12-15-4-6-18-19(10-15)34-13-33-18)27-22(29)24(2,26-23(27)30)16-5-7-17-20(11-16)32-9-3-8-31-17/h4-7,10-11,14H,3,8-9,12-13H2,1-2H3,(H,25,28)(H,26,30)/t14-,24-/m0/s1. The first-order valence-electron chi connectivity index (χ1n) is 11.1. The van der Waals surface area contributed by atoms with Crippen molar-refractivity contribution >= 4 is 17.8 Å². The molecule has 1 saturated heterocycles. The Labute approximate surface area is 196 Å². The normalized spacial score (nSPS) is 21.6. The van der Waals surface area contributed by atoms with Crippen LogP contribution in [0.3, 0.4) is 0 Å². The zero-order valence-corrected chi connectivity index (χ0v) is 18.9. The molecule has 0 saturated carbocycles. The third-order valence-electron chi connectivity index (χ3n) is 6.22. The molecule has 34 heavy (non-hydrogen) atoms. The third-order valence-corrected chi connectivity index (χ3v) is 6.22. The summed E-state index contributed by atoms with van der Waals surface area (Å²) in [6.45, 7) is 4.56. The van der Waals surface area contributed by atoms with E-state index in [0.29, 0.717) is 41.8 Å². The molecule has 0 aliphatic carbocycles. The molecule has 5 rings (SSSR count). The number of hydrogen-bond donors (Lipinski definition) is 2. The van der Waals surface area contributed by atoms with Gasteiger partial charge < -0.3 is 29.6 Å². The second-order valence-electron chi connectivity index (χ2n) is 8.52. The first kappa shape index (κ1) is 21.9. The minimum Gasteiger partial charge on any atom is -0.490 e. The Balaban J connectivity index is 1.29. The van der Waals surface area contributed by atoms with E-state index in [1.54, 1.807) is 37.3 Å². The Morgan fingerprint density at radius 1 is 1.03 bits per heavy atom. The van der Waals surface area contributed by atoms with Crippen molar-refractivity contribution in [1.29, 1.82) is 0 Å². The number of nitrogens with one attached hydrogen (secondary N) is 2. The van der Waals surface area contributed by atoms with Gasteiger partial charge in [0.2, 0.25) is 12.7 Å². The van der Waals surface area contributed by atoms with Gasteiger partial charge >= 0.3 is 6.03 Å². The highest BCUT2D eigenvalue weighted by Crippen LogP contribution is 2.37. The lowest BCUT2D eigenvalue weighted by Crippen LogP contribution is -2.49. The van der Waals surface area contributed by atoms with Crippen molar-refractivity contribution in [2.75, 3.05) is 20.0 Å². The quantitative estimate of drug-likeness (QED) is 0.647. The molecule has 2 N–H and O–H groups in total. The van der Waals surface area contributed by atoms with Crippen molar-refractivity contribution in [2.24, 2.45) is 0 Å². The Morgan fingerprint density at radius 3 is 2.53 bits per heavy atom. The van der Waals surface area contributed by atoms with Gasteiger partial charge in [0.1, 0.15) is 11.6 Å². The third kappa shape index (κ3) is 3.74. The van der Waals surface area contributed by atoms with Gasteiger partial charge in [0.15, 0.2) is 23.0 Å². The molecule has 2 atom stereocenters. The number of hydrogen-bond acceptors (Lipinski definition) is 7. The van der Waals surface area contributed by atoms with Crippen LogP contribution < -0.4 is 29.6 Å². The fourth-order valence-electron chi connectivity index (χ4n) is 4.19. The molecule has 0 radical (unpaired) electrons. The minimum atomic E-state index is -1.34. The van der Waals surface area contributed by atoms with E-state index in [1.807, 2.05) is 6.07 Å². The lowest BCUT2D eigenvalue weighted by atomic mass is 9.91. The summed E-state index contributed by atoms with van der Waals surface area (Å²) in [5.41, 5.74) is 0.0118. The van der Waals surface area contributed by atoms with Gasteiger partial charge in [-0.05, 0) is 49.2 Å². The van der Waals surface area contributed by atoms with Crippen LogP contribution >= 0.6 is 0 Å². The van der Waals surface area contributed by atoms with Crippen molar-refractivity contribution < 1.29 is 33.3 Å². The summed E-state index contributed by atoms with van der Waals surface area (Å²) in [6, 6.07) is 8.87. The molecule has 3 aliphatic rings. The van der Waals surface area contributed by atoms with Crippen LogP contribution in [0.15, 0.2) is 36.4 Å².